The molecule has 5 nitrogen and oxygen atoms in total. The first-order chi connectivity index (χ1) is 12.8. The highest BCUT2D eigenvalue weighted by atomic mass is 16.5. The Balaban J connectivity index is 1.66. The van der Waals surface area contributed by atoms with Crippen LogP contribution >= 0.6 is 0 Å². The van der Waals surface area contributed by atoms with Gasteiger partial charge in [-0.25, -0.2) is 0 Å². The summed E-state index contributed by atoms with van der Waals surface area (Å²) in [6.45, 7) is 1.83. The molecular weight excluding hydrogens is 326 g/mol. The third kappa shape index (κ3) is 3.58. The predicted octanol–water partition coefficient (Wildman–Crippen LogP) is 3.45. The lowest BCUT2D eigenvalue weighted by atomic mass is 10.0. The van der Waals surface area contributed by atoms with Crippen molar-refractivity contribution in [1.29, 1.82) is 0 Å². The number of hydrogen-bond donors (Lipinski definition) is 0. The average Bonchev–Trinajstić information content (AvgIpc) is 3.20. The molecule has 0 bridgehead atoms. The van der Waals surface area contributed by atoms with Crippen molar-refractivity contribution in [3.8, 4) is 0 Å². The number of amides is 1. The van der Waals surface area contributed by atoms with Crippen LogP contribution in [0, 0.1) is 0 Å². The van der Waals surface area contributed by atoms with Crippen molar-refractivity contribution < 1.29 is 9.53 Å². The summed E-state index contributed by atoms with van der Waals surface area (Å²) in [7, 11) is 0. The minimum absolute atomic E-state index is 0.00273. The number of pyridine rings is 2. The molecule has 0 saturated carbocycles. The van der Waals surface area contributed by atoms with Crippen molar-refractivity contribution in [1.82, 2.24) is 14.9 Å². The van der Waals surface area contributed by atoms with Crippen LogP contribution in [0.15, 0.2) is 61.1 Å². The fourth-order valence-electron chi connectivity index (χ4n) is 3.42. The molecule has 0 radical (unpaired) electrons. The third-order valence-electron chi connectivity index (χ3n) is 4.73. The van der Waals surface area contributed by atoms with E-state index >= 15 is 0 Å². The molecule has 132 valence electrons. The number of aromatic nitrogens is 2. The van der Waals surface area contributed by atoms with E-state index in [1.54, 1.807) is 18.6 Å². The number of benzene rings is 1. The lowest BCUT2D eigenvalue weighted by molar-refractivity contribution is 0.0506. The first-order valence-corrected chi connectivity index (χ1v) is 8.95. The minimum Gasteiger partial charge on any atom is -0.376 e. The quantitative estimate of drug-likeness (QED) is 0.709. The van der Waals surface area contributed by atoms with E-state index in [4.69, 9.17) is 4.74 Å². The van der Waals surface area contributed by atoms with Gasteiger partial charge in [0, 0.05) is 42.7 Å². The molecule has 26 heavy (non-hydrogen) atoms. The number of carbonyl (C=O) groups excluding carboxylic acids is 1. The predicted molar refractivity (Wildman–Crippen MR) is 99.7 cm³/mol. The molecule has 1 aliphatic rings. The highest BCUT2D eigenvalue weighted by Gasteiger charge is 2.25. The maximum absolute atomic E-state index is 13.4. The van der Waals surface area contributed by atoms with Crippen molar-refractivity contribution in [2.24, 2.45) is 0 Å². The Morgan fingerprint density at radius 1 is 1.15 bits per heavy atom. The van der Waals surface area contributed by atoms with E-state index in [0.29, 0.717) is 18.7 Å². The molecule has 1 aromatic carbocycles. The highest BCUT2D eigenvalue weighted by molar-refractivity contribution is 6.06. The minimum atomic E-state index is 0.00273. The van der Waals surface area contributed by atoms with Gasteiger partial charge < -0.3 is 9.64 Å². The maximum Gasteiger partial charge on any atom is 0.254 e. The lowest BCUT2D eigenvalue weighted by Crippen LogP contribution is -2.37. The zero-order valence-corrected chi connectivity index (χ0v) is 14.5. The van der Waals surface area contributed by atoms with Gasteiger partial charge in [-0.2, -0.15) is 0 Å². The molecule has 1 fully saturated rings. The largest absolute Gasteiger partial charge is 0.376 e. The molecule has 5 heteroatoms. The molecule has 1 aliphatic heterocycles. The molecular formula is C21H21N3O2. The Morgan fingerprint density at radius 2 is 2.12 bits per heavy atom. The second kappa shape index (κ2) is 7.62. The van der Waals surface area contributed by atoms with E-state index in [1.165, 1.54) is 0 Å². The molecule has 1 amide bonds. The van der Waals surface area contributed by atoms with Gasteiger partial charge in [0.05, 0.1) is 18.3 Å². The summed E-state index contributed by atoms with van der Waals surface area (Å²) in [5.41, 5.74) is 1.57. The van der Waals surface area contributed by atoms with Crippen LogP contribution in [-0.2, 0) is 11.3 Å². The van der Waals surface area contributed by atoms with Crippen LogP contribution in [0.4, 0.5) is 0 Å². The van der Waals surface area contributed by atoms with E-state index in [0.717, 1.165) is 35.9 Å². The SMILES string of the molecule is O=C(c1cccc2cnccc12)N(Cc1ccccn1)C[C@@H]1CCCO1. The number of rotatable bonds is 5. The number of fused-ring (bicyclic) bond motifs is 1. The number of nitrogens with zero attached hydrogens (tertiary/aromatic N) is 3. The van der Waals surface area contributed by atoms with Crippen LogP contribution < -0.4 is 0 Å². The highest BCUT2D eigenvalue weighted by Crippen LogP contribution is 2.22. The molecule has 1 atom stereocenters. The van der Waals surface area contributed by atoms with E-state index in [-0.39, 0.29) is 12.0 Å². The van der Waals surface area contributed by atoms with Gasteiger partial charge >= 0.3 is 0 Å². The first kappa shape index (κ1) is 16.7. The Morgan fingerprint density at radius 3 is 2.92 bits per heavy atom. The second-order valence-electron chi connectivity index (χ2n) is 6.54. The molecule has 0 spiro atoms. The standard InChI is InChI=1S/C21H21N3O2/c25-21(20-8-3-5-16-13-22-11-9-19(16)20)24(15-18-7-4-12-26-18)14-17-6-1-2-10-23-17/h1-3,5-6,8-11,13,18H,4,7,12,14-15H2/t18-/m0/s1. The van der Waals surface area contributed by atoms with E-state index in [2.05, 4.69) is 9.97 Å². The summed E-state index contributed by atoms with van der Waals surface area (Å²) in [6, 6.07) is 13.4. The fourth-order valence-corrected chi connectivity index (χ4v) is 3.42. The summed E-state index contributed by atoms with van der Waals surface area (Å²) in [5, 5.41) is 1.89. The number of carbonyl (C=O) groups is 1. The zero-order valence-electron chi connectivity index (χ0n) is 14.5. The summed E-state index contributed by atoms with van der Waals surface area (Å²) in [4.78, 5) is 23.8. The van der Waals surface area contributed by atoms with Crippen LogP contribution in [0.3, 0.4) is 0 Å². The molecule has 3 aromatic rings. The Kier molecular flexibility index (Phi) is 4.88. The topological polar surface area (TPSA) is 55.3 Å². The smallest absolute Gasteiger partial charge is 0.254 e. The van der Waals surface area contributed by atoms with Gasteiger partial charge in [-0.15, -0.1) is 0 Å². The van der Waals surface area contributed by atoms with Crippen molar-refractivity contribution in [2.75, 3.05) is 13.2 Å². The summed E-state index contributed by atoms with van der Waals surface area (Å²) >= 11 is 0. The molecule has 0 N–H and O–H groups in total. The third-order valence-corrected chi connectivity index (χ3v) is 4.73. The number of ether oxygens (including phenoxy) is 1. The molecule has 1 saturated heterocycles. The van der Waals surface area contributed by atoms with E-state index in [9.17, 15) is 4.79 Å². The average molecular weight is 347 g/mol. The van der Waals surface area contributed by atoms with E-state index < -0.39 is 0 Å². The summed E-state index contributed by atoms with van der Waals surface area (Å²) in [6.07, 6.45) is 7.41. The van der Waals surface area contributed by atoms with Crippen molar-refractivity contribution in [3.05, 3.63) is 72.3 Å². The monoisotopic (exact) mass is 347 g/mol. The van der Waals surface area contributed by atoms with Gasteiger partial charge in [-0.05, 0) is 42.5 Å². The molecule has 3 heterocycles. The van der Waals surface area contributed by atoms with Gasteiger partial charge in [-0.1, -0.05) is 18.2 Å². The molecule has 0 aliphatic carbocycles. The zero-order chi connectivity index (χ0) is 17.8. The van der Waals surface area contributed by atoms with Crippen molar-refractivity contribution >= 4 is 16.7 Å². The Labute approximate surface area is 152 Å². The Hall–Kier alpha value is -2.79. The van der Waals surface area contributed by atoms with Crippen LogP contribution in [0.5, 0.6) is 0 Å². The van der Waals surface area contributed by atoms with Crippen molar-refractivity contribution in [2.45, 2.75) is 25.5 Å². The van der Waals surface area contributed by atoms with Crippen LogP contribution in [0.25, 0.3) is 10.8 Å². The maximum atomic E-state index is 13.4. The van der Waals surface area contributed by atoms with Crippen molar-refractivity contribution in [3.63, 3.8) is 0 Å². The van der Waals surface area contributed by atoms with Crippen LogP contribution in [-0.4, -0.2) is 40.0 Å². The van der Waals surface area contributed by atoms with Gasteiger partial charge in [-0.3, -0.25) is 14.8 Å². The summed E-state index contributed by atoms with van der Waals surface area (Å²) < 4.78 is 5.77. The Bertz CT molecular complexity index is 887. The van der Waals surface area contributed by atoms with Gasteiger partial charge in [0.2, 0.25) is 0 Å². The normalized spacial score (nSPS) is 16.7. The van der Waals surface area contributed by atoms with E-state index in [1.807, 2.05) is 47.4 Å². The molecule has 2 aromatic heterocycles. The fraction of sp³-hybridized carbons (Fsp3) is 0.286. The first-order valence-electron chi connectivity index (χ1n) is 8.95. The van der Waals surface area contributed by atoms with Gasteiger partial charge in [0.1, 0.15) is 0 Å². The molecule has 0 unspecified atom stereocenters. The van der Waals surface area contributed by atoms with Gasteiger partial charge in [0.25, 0.3) is 5.91 Å². The van der Waals surface area contributed by atoms with Crippen LogP contribution in [0.1, 0.15) is 28.9 Å². The number of hydrogen-bond acceptors (Lipinski definition) is 4. The second-order valence-corrected chi connectivity index (χ2v) is 6.54. The lowest BCUT2D eigenvalue weighted by Gasteiger charge is -2.26. The van der Waals surface area contributed by atoms with Crippen LogP contribution in [0.2, 0.25) is 0 Å². The van der Waals surface area contributed by atoms with Gasteiger partial charge in [0.15, 0.2) is 0 Å². The molecule has 4 rings (SSSR count). The summed E-state index contributed by atoms with van der Waals surface area (Å²) in [5.74, 6) is 0.00273.